The first-order chi connectivity index (χ1) is 9.81. The standard InChI is InChI=1S/C14H18Cl2N2O3/c1-3-14(4-2,7-17)13(21)18-11-9(12(19)20)5-8(15)6-10(11)16/h5-6H,3-4,7,17H2,1-2H3,(H,18,21)(H,19,20). The molecule has 0 aromatic heterocycles. The molecule has 0 aliphatic heterocycles. The number of carbonyl (C=O) groups is 2. The number of aromatic carboxylic acids is 1. The van der Waals surface area contributed by atoms with Crippen molar-refractivity contribution in [2.75, 3.05) is 11.9 Å². The third-order valence-corrected chi connectivity index (χ3v) is 4.27. The van der Waals surface area contributed by atoms with Gasteiger partial charge in [-0.1, -0.05) is 37.0 Å². The number of carboxylic acids is 1. The van der Waals surface area contributed by atoms with Crippen molar-refractivity contribution in [3.05, 3.63) is 27.7 Å². The summed E-state index contributed by atoms with van der Waals surface area (Å²) in [5.74, 6) is -1.57. The maximum atomic E-state index is 12.5. The number of benzene rings is 1. The van der Waals surface area contributed by atoms with Gasteiger partial charge in [0.15, 0.2) is 0 Å². The Balaban J connectivity index is 3.24. The topological polar surface area (TPSA) is 92.4 Å². The highest BCUT2D eigenvalue weighted by Gasteiger charge is 2.34. The summed E-state index contributed by atoms with van der Waals surface area (Å²) in [5.41, 5.74) is 4.85. The Morgan fingerprint density at radius 2 is 1.86 bits per heavy atom. The molecule has 7 heteroatoms. The number of hydrogen-bond acceptors (Lipinski definition) is 3. The molecule has 21 heavy (non-hydrogen) atoms. The van der Waals surface area contributed by atoms with Gasteiger partial charge in [-0.3, -0.25) is 4.79 Å². The Kier molecular flexibility index (Phi) is 6.01. The van der Waals surface area contributed by atoms with Crippen molar-refractivity contribution in [1.82, 2.24) is 0 Å². The molecule has 0 aliphatic carbocycles. The van der Waals surface area contributed by atoms with Crippen LogP contribution in [0.15, 0.2) is 12.1 Å². The van der Waals surface area contributed by atoms with E-state index < -0.39 is 11.4 Å². The van der Waals surface area contributed by atoms with Crippen LogP contribution in [0, 0.1) is 5.41 Å². The minimum Gasteiger partial charge on any atom is -0.478 e. The van der Waals surface area contributed by atoms with Crippen LogP contribution in [0.3, 0.4) is 0 Å². The average Bonchev–Trinajstić information content (AvgIpc) is 2.43. The summed E-state index contributed by atoms with van der Waals surface area (Å²) >= 11 is 11.8. The molecule has 1 aromatic carbocycles. The highest BCUT2D eigenvalue weighted by molar-refractivity contribution is 6.37. The highest BCUT2D eigenvalue weighted by atomic mass is 35.5. The Hall–Kier alpha value is -1.30. The largest absolute Gasteiger partial charge is 0.478 e. The molecular formula is C14H18Cl2N2O3. The van der Waals surface area contributed by atoms with Crippen molar-refractivity contribution in [3.8, 4) is 0 Å². The Morgan fingerprint density at radius 1 is 1.29 bits per heavy atom. The molecule has 1 aromatic rings. The molecule has 0 saturated carbocycles. The maximum Gasteiger partial charge on any atom is 0.337 e. The first kappa shape index (κ1) is 17.8. The van der Waals surface area contributed by atoms with Crippen LogP contribution in [0.5, 0.6) is 0 Å². The van der Waals surface area contributed by atoms with E-state index in [9.17, 15) is 14.7 Å². The van der Waals surface area contributed by atoms with Crippen LogP contribution >= 0.6 is 23.2 Å². The molecular weight excluding hydrogens is 315 g/mol. The van der Waals surface area contributed by atoms with E-state index in [4.69, 9.17) is 28.9 Å². The van der Waals surface area contributed by atoms with E-state index >= 15 is 0 Å². The van der Waals surface area contributed by atoms with Gasteiger partial charge in [-0.2, -0.15) is 0 Å². The van der Waals surface area contributed by atoms with Crippen molar-refractivity contribution >= 4 is 40.8 Å². The third-order valence-electron chi connectivity index (χ3n) is 3.75. The number of hydrogen-bond donors (Lipinski definition) is 3. The quantitative estimate of drug-likeness (QED) is 0.744. The lowest BCUT2D eigenvalue weighted by molar-refractivity contribution is -0.125. The van der Waals surface area contributed by atoms with E-state index in [0.717, 1.165) is 0 Å². The van der Waals surface area contributed by atoms with Crippen LogP contribution in [0.1, 0.15) is 37.0 Å². The molecule has 1 amide bonds. The second-order valence-corrected chi connectivity index (χ2v) is 5.60. The first-order valence-corrected chi connectivity index (χ1v) is 7.30. The molecule has 0 fully saturated rings. The van der Waals surface area contributed by atoms with E-state index in [0.29, 0.717) is 12.8 Å². The van der Waals surface area contributed by atoms with E-state index in [1.807, 2.05) is 13.8 Å². The molecule has 0 radical (unpaired) electrons. The van der Waals surface area contributed by atoms with Crippen molar-refractivity contribution in [2.24, 2.45) is 11.1 Å². The Bertz CT molecular complexity index is 549. The third kappa shape index (κ3) is 3.67. The number of amides is 1. The van der Waals surface area contributed by atoms with E-state index in [1.165, 1.54) is 12.1 Å². The van der Waals surface area contributed by atoms with E-state index in [-0.39, 0.29) is 33.7 Å². The number of anilines is 1. The molecule has 4 N–H and O–H groups in total. The fraction of sp³-hybridized carbons (Fsp3) is 0.429. The molecule has 0 unspecified atom stereocenters. The fourth-order valence-corrected chi connectivity index (χ4v) is 2.61. The monoisotopic (exact) mass is 332 g/mol. The number of halogens is 2. The summed E-state index contributed by atoms with van der Waals surface area (Å²) in [4.78, 5) is 23.7. The Labute approximate surface area is 133 Å². The molecule has 0 heterocycles. The van der Waals surface area contributed by atoms with Crippen LogP contribution in [0.2, 0.25) is 10.0 Å². The zero-order valence-electron chi connectivity index (χ0n) is 11.9. The van der Waals surface area contributed by atoms with Crippen LogP contribution in [0.25, 0.3) is 0 Å². The molecule has 116 valence electrons. The van der Waals surface area contributed by atoms with Crippen molar-refractivity contribution in [1.29, 1.82) is 0 Å². The molecule has 0 aliphatic rings. The molecule has 1 rings (SSSR count). The first-order valence-electron chi connectivity index (χ1n) is 6.55. The van der Waals surface area contributed by atoms with Crippen molar-refractivity contribution < 1.29 is 14.7 Å². The lowest BCUT2D eigenvalue weighted by atomic mass is 9.81. The van der Waals surface area contributed by atoms with Gasteiger partial charge in [-0.25, -0.2) is 4.79 Å². The number of nitrogens with one attached hydrogen (secondary N) is 1. The molecule has 0 bridgehead atoms. The van der Waals surface area contributed by atoms with Gasteiger partial charge in [0.1, 0.15) is 0 Å². The van der Waals surface area contributed by atoms with Crippen LogP contribution < -0.4 is 11.1 Å². The SMILES string of the molecule is CCC(CC)(CN)C(=O)Nc1c(Cl)cc(Cl)cc1C(=O)O. The van der Waals surface area contributed by atoms with E-state index in [1.54, 1.807) is 0 Å². The summed E-state index contributed by atoms with van der Waals surface area (Å²) in [6, 6.07) is 2.63. The second-order valence-electron chi connectivity index (χ2n) is 4.76. The van der Waals surface area contributed by atoms with Crippen molar-refractivity contribution in [2.45, 2.75) is 26.7 Å². The number of carbonyl (C=O) groups excluding carboxylic acids is 1. The summed E-state index contributed by atoms with van der Waals surface area (Å²) in [6.45, 7) is 3.88. The fourth-order valence-electron chi connectivity index (χ4n) is 2.07. The van der Waals surface area contributed by atoms with Gasteiger partial charge in [-0.05, 0) is 25.0 Å². The van der Waals surface area contributed by atoms with Gasteiger partial charge in [-0.15, -0.1) is 0 Å². The maximum absolute atomic E-state index is 12.5. The van der Waals surface area contributed by atoms with Crippen LogP contribution in [-0.2, 0) is 4.79 Å². The number of nitrogens with two attached hydrogens (primary N) is 1. The summed E-state index contributed by atoms with van der Waals surface area (Å²) < 4.78 is 0. The van der Waals surface area contributed by atoms with Gasteiger partial charge >= 0.3 is 5.97 Å². The molecule has 5 nitrogen and oxygen atoms in total. The minimum atomic E-state index is -1.22. The van der Waals surface area contributed by atoms with E-state index in [2.05, 4.69) is 5.32 Å². The average molecular weight is 333 g/mol. The van der Waals surface area contributed by atoms with Crippen LogP contribution in [-0.4, -0.2) is 23.5 Å². The molecule has 0 atom stereocenters. The van der Waals surface area contributed by atoms with Gasteiger partial charge in [0.2, 0.25) is 5.91 Å². The lowest BCUT2D eigenvalue weighted by Crippen LogP contribution is -2.41. The predicted molar refractivity (Wildman–Crippen MR) is 84.1 cm³/mol. The number of rotatable bonds is 6. The molecule has 0 spiro atoms. The van der Waals surface area contributed by atoms with Gasteiger partial charge in [0.05, 0.1) is 21.7 Å². The smallest absolute Gasteiger partial charge is 0.337 e. The second kappa shape index (κ2) is 7.11. The summed E-state index contributed by atoms with van der Waals surface area (Å²) in [6.07, 6.45) is 1.08. The predicted octanol–water partition coefficient (Wildman–Crippen LogP) is 3.40. The summed E-state index contributed by atoms with van der Waals surface area (Å²) in [5, 5.41) is 12.1. The van der Waals surface area contributed by atoms with Gasteiger partial charge in [0.25, 0.3) is 0 Å². The Morgan fingerprint density at radius 3 is 2.29 bits per heavy atom. The highest BCUT2D eigenvalue weighted by Crippen LogP contribution is 2.33. The lowest BCUT2D eigenvalue weighted by Gasteiger charge is -2.29. The van der Waals surface area contributed by atoms with Gasteiger partial charge < -0.3 is 16.2 Å². The van der Waals surface area contributed by atoms with Crippen molar-refractivity contribution in [3.63, 3.8) is 0 Å². The minimum absolute atomic E-state index is 0.0401. The zero-order valence-corrected chi connectivity index (χ0v) is 13.4. The zero-order chi connectivity index (χ0) is 16.2. The number of carboxylic acid groups (broad SMARTS) is 1. The van der Waals surface area contributed by atoms with Crippen LogP contribution in [0.4, 0.5) is 5.69 Å². The summed E-state index contributed by atoms with van der Waals surface area (Å²) in [7, 11) is 0. The molecule has 0 saturated heterocycles. The normalized spacial score (nSPS) is 11.3. The van der Waals surface area contributed by atoms with Gasteiger partial charge in [0, 0.05) is 11.6 Å².